The van der Waals surface area contributed by atoms with Gasteiger partial charge in [-0.1, -0.05) is 17.8 Å². The minimum Gasteiger partial charge on any atom is -0.400 e. The summed E-state index contributed by atoms with van der Waals surface area (Å²) in [5.41, 5.74) is 1.11. The normalized spacial score (nSPS) is 19.6. The van der Waals surface area contributed by atoms with Crippen LogP contribution in [0.2, 0.25) is 0 Å². The Morgan fingerprint density at radius 3 is 2.42 bits per heavy atom. The Balaban J connectivity index is 2.33. The van der Waals surface area contributed by atoms with Crippen molar-refractivity contribution in [3.63, 3.8) is 0 Å². The Morgan fingerprint density at radius 2 is 1.92 bits per heavy atom. The number of aryl methyl sites for hydroxylation is 1. The Morgan fingerprint density at radius 1 is 1.33 bits per heavy atom. The molecule has 1 aromatic heterocycles. The molecule has 1 fully saturated rings. The third-order valence-corrected chi connectivity index (χ3v) is 5.27. The summed E-state index contributed by atoms with van der Waals surface area (Å²) in [6.07, 6.45) is 3.32. The van der Waals surface area contributed by atoms with Gasteiger partial charge in [-0.15, -0.1) is 0 Å². The monoisotopic (exact) mass is 351 g/mol. The van der Waals surface area contributed by atoms with Crippen LogP contribution in [0, 0.1) is 12.9 Å². The highest BCUT2D eigenvalue weighted by molar-refractivity contribution is 8.13. The molecule has 2 heterocycles. The number of halogens is 1. The third-order valence-electron chi connectivity index (χ3n) is 4.39. The lowest BCUT2D eigenvalue weighted by Crippen LogP contribution is -2.41. The first-order chi connectivity index (χ1) is 11.0. The molecule has 130 valence electrons. The fourth-order valence-electron chi connectivity index (χ4n) is 2.23. The van der Waals surface area contributed by atoms with Crippen LogP contribution in [0.4, 0.5) is 4.39 Å². The number of nitrogens with zero attached hydrogens (tertiary/aromatic N) is 1. The van der Waals surface area contributed by atoms with E-state index < -0.39 is 24.3 Å². The molecular formula is C17H23BFNO3S. The van der Waals surface area contributed by atoms with Crippen LogP contribution in [-0.2, 0) is 14.1 Å². The van der Waals surface area contributed by atoms with Gasteiger partial charge in [0.1, 0.15) is 0 Å². The van der Waals surface area contributed by atoms with Crippen LogP contribution in [0.1, 0.15) is 45.7 Å². The van der Waals surface area contributed by atoms with Crippen molar-refractivity contribution in [2.75, 3.05) is 5.75 Å². The molecule has 0 aliphatic carbocycles. The summed E-state index contributed by atoms with van der Waals surface area (Å²) >= 11 is 1.19. The highest BCUT2D eigenvalue weighted by atomic mass is 32.2. The minimum atomic E-state index is -0.549. The zero-order chi connectivity index (χ0) is 18.1. The Labute approximate surface area is 147 Å². The van der Waals surface area contributed by atoms with Gasteiger partial charge >= 0.3 is 7.12 Å². The van der Waals surface area contributed by atoms with E-state index in [9.17, 15) is 9.18 Å². The van der Waals surface area contributed by atoms with Crippen LogP contribution in [-0.4, -0.2) is 34.2 Å². The van der Waals surface area contributed by atoms with Crippen LogP contribution in [0.25, 0.3) is 6.08 Å². The summed E-state index contributed by atoms with van der Waals surface area (Å²) < 4.78 is 25.5. The highest BCUT2D eigenvalue weighted by Crippen LogP contribution is 2.39. The van der Waals surface area contributed by atoms with Gasteiger partial charge in [0.05, 0.1) is 11.2 Å². The summed E-state index contributed by atoms with van der Waals surface area (Å²) in [6.45, 7) is 11.1. The van der Waals surface area contributed by atoms with Crippen molar-refractivity contribution in [1.82, 2.24) is 4.98 Å². The first-order valence-electron chi connectivity index (χ1n) is 7.83. The fourth-order valence-corrected chi connectivity index (χ4v) is 2.82. The van der Waals surface area contributed by atoms with Gasteiger partial charge in [0.25, 0.3) is 0 Å². The minimum absolute atomic E-state index is 0.0193. The van der Waals surface area contributed by atoms with Crippen molar-refractivity contribution in [1.29, 1.82) is 0 Å². The fraction of sp³-hybridized carbons (Fsp3) is 0.529. The number of hydrogen-bond acceptors (Lipinski definition) is 5. The zero-order valence-electron chi connectivity index (χ0n) is 15.0. The van der Waals surface area contributed by atoms with Gasteiger partial charge in [0, 0.05) is 24.4 Å². The summed E-state index contributed by atoms with van der Waals surface area (Å²) in [5, 5.41) is 0.0193. The third kappa shape index (κ3) is 4.26. The maximum atomic E-state index is 13.4. The number of thioether (sulfide) groups is 1. The lowest BCUT2D eigenvalue weighted by molar-refractivity contribution is -0.109. The average Bonchev–Trinajstić information content (AvgIpc) is 2.67. The molecule has 4 nitrogen and oxygen atoms in total. The van der Waals surface area contributed by atoms with E-state index in [1.807, 2.05) is 33.8 Å². The Bertz CT molecular complexity index is 660. The first kappa shape index (κ1) is 19.2. The van der Waals surface area contributed by atoms with Gasteiger partial charge in [-0.2, -0.15) is 4.39 Å². The molecule has 1 saturated heterocycles. The molecule has 24 heavy (non-hydrogen) atoms. The molecule has 0 aromatic carbocycles. The molecule has 1 aromatic rings. The second-order valence-corrected chi connectivity index (χ2v) is 8.12. The highest BCUT2D eigenvalue weighted by Gasteiger charge is 2.52. The molecule has 0 saturated carbocycles. The molecule has 0 N–H and O–H groups in total. The number of rotatable bonds is 4. The Kier molecular flexibility index (Phi) is 5.57. The average molecular weight is 351 g/mol. The van der Waals surface area contributed by atoms with Gasteiger partial charge in [0.15, 0.2) is 5.12 Å². The number of carbonyl (C=O) groups excluding carboxylic acids is 1. The summed E-state index contributed by atoms with van der Waals surface area (Å²) in [5.74, 6) is -0.0368. The van der Waals surface area contributed by atoms with Gasteiger partial charge in [-0.05, 0) is 51.7 Å². The van der Waals surface area contributed by atoms with Crippen LogP contribution >= 0.6 is 11.8 Å². The van der Waals surface area contributed by atoms with E-state index in [0.717, 1.165) is 11.0 Å². The first-order valence-corrected chi connectivity index (χ1v) is 8.82. The standard InChI is InChI=1S/C17H23BFNO3S/c1-11-7-13(9-20-15(11)19)8-14(10-24-12(2)21)18-22-16(3,4)17(5,6)23-18/h7-9H,10H2,1-6H3. The summed E-state index contributed by atoms with van der Waals surface area (Å²) in [4.78, 5) is 15.1. The van der Waals surface area contributed by atoms with Gasteiger partial charge in [-0.25, -0.2) is 4.98 Å². The molecule has 7 heteroatoms. The van der Waals surface area contributed by atoms with Crippen molar-refractivity contribution in [2.45, 2.75) is 52.7 Å². The van der Waals surface area contributed by atoms with Crippen LogP contribution in [0.15, 0.2) is 17.7 Å². The number of aromatic nitrogens is 1. The van der Waals surface area contributed by atoms with Crippen molar-refractivity contribution in [3.8, 4) is 0 Å². The molecule has 1 aliphatic heterocycles. The SMILES string of the molecule is CC(=O)SCC(=Cc1cnc(F)c(C)c1)B1OC(C)(C)C(C)(C)O1. The molecule has 0 radical (unpaired) electrons. The van der Waals surface area contributed by atoms with Crippen molar-refractivity contribution in [3.05, 3.63) is 34.8 Å². The van der Waals surface area contributed by atoms with E-state index in [0.29, 0.717) is 11.3 Å². The van der Waals surface area contributed by atoms with Crippen molar-refractivity contribution >= 4 is 30.1 Å². The van der Waals surface area contributed by atoms with E-state index in [2.05, 4.69) is 4.98 Å². The van der Waals surface area contributed by atoms with E-state index in [-0.39, 0.29) is 5.12 Å². The molecule has 0 spiro atoms. The quantitative estimate of drug-likeness (QED) is 0.610. The maximum absolute atomic E-state index is 13.4. The second kappa shape index (κ2) is 6.98. The van der Waals surface area contributed by atoms with E-state index in [4.69, 9.17) is 9.31 Å². The summed E-state index contributed by atoms with van der Waals surface area (Å²) in [7, 11) is -0.549. The predicted molar refractivity (Wildman–Crippen MR) is 96.1 cm³/mol. The van der Waals surface area contributed by atoms with Gasteiger partial charge in [0.2, 0.25) is 5.95 Å². The predicted octanol–water partition coefficient (Wildman–Crippen LogP) is 3.82. The number of hydrogen-bond donors (Lipinski definition) is 0. The van der Waals surface area contributed by atoms with Crippen molar-refractivity contribution < 1.29 is 18.5 Å². The molecule has 0 bridgehead atoms. The van der Waals surface area contributed by atoms with E-state index in [1.54, 1.807) is 13.0 Å². The topological polar surface area (TPSA) is 48.4 Å². The van der Waals surface area contributed by atoms with Crippen LogP contribution < -0.4 is 0 Å². The zero-order valence-corrected chi connectivity index (χ0v) is 15.8. The smallest absolute Gasteiger partial charge is 0.400 e. The second-order valence-electron chi connectivity index (χ2n) is 6.96. The van der Waals surface area contributed by atoms with Crippen molar-refractivity contribution in [2.24, 2.45) is 0 Å². The van der Waals surface area contributed by atoms with Gasteiger partial charge in [-0.3, -0.25) is 4.79 Å². The van der Waals surface area contributed by atoms with Crippen LogP contribution in [0.3, 0.4) is 0 Å². The largest absolute Gasteiger partial charge is 0.491 e. The van der Waals surface area contributed by atoms with Crippen LogP contribution in [0.5, 0.6) is 0 Å². The van der Waals surface area contributed by atoms with E-state index in [1.165, 1.54) is 24.9 Å². The maximum Gasteiger partial charge on any atom is 0.491 e. The summed E-state index contributed by atoms with van der Waals surface area (Å²) in [6, 6.07) is 1.71. The Hall–Kier alpha value is -1.18. The molecule has 0 atom stereocenters. The molecular weight excluding hydrogens is 328 g/mol. The lowest BCUT2D eigenvalue weighted by atomic mass is 9.78. The number of pyridine rings is 1. The molecule has 0 unspecified atom stereocenters. The lowest BCUT2D eigenvalue weighted by Gasteiger charge is -2.32. The molecule has 1 aliphatic rings. The molecule has 2 rings (SSSR count). The van der Waals surface area contributed by atoms with E-state index >= 15 is 0 Å². The van der Waals surface area contributed by atoms with Gasteiger partial charge < -0.3 is 9.31 Å². The molecule has 0 amide bonds. The number of carbonyl (C=O) groups is 1.